The molecule has 1 heterocycles. The van der Waals surface area contributed by atoms with Crippen LogP contribution in [0.25, 0.3) is 0 Å². The largest absolute Gasteiger partial charge is 0.392 e. The molecule has 104 valence electrons. The maximum atomic E-state index is 10.7. The summed E-state index contributed by atoms with van der Waals surface area (Å²) in [6, 6.07) is 6.25. The van der Waals surface area contributed by atoms with E-state index in [1.807, 2.05) is 19.9 Å². The standard InChI is InChI=1S/C13H13N3O3S/c1-8-5-9(2)15-13(14-8)20-12-4-3-11(16(18)19)6-10(12)7-17/h3-6,17H,7H2,1-2H3. The summed E-state index contributed by atoms with van der Waals surface area (Å²) in [5, 5.41) is 20.6. The number of hydrogen-bond donors (Lipinski definition) is 1. The smallest absolute Gasteiger partial charge is 0.269 e. The second-order valence-corrected chi connectivity index (χ2v) is 5.25. The van der Waals surface area contributed by atoms with Crippen molar-refractivity contribution in [3.05, 3.63) is 51.3 Å². The van der Waals surface area contributed by atoms with E-state index in [9.17, 15) is 15.2 Å². The molecule has 0 aliphatic heterocycles. The highest BCUT2D eigenvalue weighted by atomic mass is 32.2. The number of non-ortho nitro benzene ring substituents is 1. The van der Waals surface area contributed by atoms with Gasteiger partial charge in [0.15, 0.2) is 5.16 Å². The zero-order chi connectivity index (χ0) is 14.7. The molecule has 1 N–H and O–H groups in total. The van der Waals surface area contributed by atoms with Crippen molar-refractivity contribution in [2.45, 2.75) is 30.5 Å². The van der Waals surface area contributed by atoms with Gasteiger partial charge in [-0.05, 0) is 43.3 Å². The van der Waals surface area contributed by atoms with Crippen LogP contribution in [0.15, 0.2) is 34.3 Å². The van der Waals surface area contributed by atoms with Gasteiger partial charge in [0.1, 0.15) is 0 Å². The lowest BCUT2D eigenvalue weighted by Crippen LogP contribution is -1.96. The van der Waals surface area contributed by atoms with Crippen LogP contribution in [0.4, 0.5) is 5.69 Å². The molecule has 2 rings (SSSR count). The molecule has 7 heteroatoms. The molecule has 0 fully saturated rings. The molecule has 0 saturated heterocycles. The van der Waals surface area contributed by atoms with Crippen LogP contribution in [0.5, 0.6) is 0 Å². The van der Waals surface area contributed by atoms with Gasteiger partial charge in [0.05, 0.1) is 11.5 Å². The zero-order valence-electron chi connectivity index (χ0n) is 11.0. The highest BCUT2D eigenvalue weighted by Crippen LogP contribution is 2.30. The number of aliphatic hydroxyl groups excluding tert-OH is 1. The fourth-order valence-corrected chi connectivity index (χ4v) is 2.71. The second kappa shape index (κ2) is 5.98. The van der Waals surface area contributed by atoms with Crippen molar-refractivity contribution in [3.63, 3.8) is 0 Å². The molecule has 0 amide bonds. The normalized spacial score (nSPS) is 10.6. The molecule has 0 atom stereocenters. The van der Waals surface area contributed by atoms with E-state index in [2.05, 4.69) is 9.97 Å². The highest BCUT2D eigenvalue weighted by Gasteiger charge is 2.12. The third-order valence-electron chi connectivity index (χ3n) is 2.59. The predicted octanol–water partition coefficient (Wildman–Crippen LogP) is 2.65. The van der Waals surface area contributed by atoms with Crippen molar-refractivity contribution in [1.29, 1.82) is 0 Å². The van der Waals surface area contributed by atoms with Gasteiger partial charge in [0.2, 0.25) is 0 Å². The Morgan fingerprint density at radius 1 is 1.25 bits per heavy atom. The Morgan fingerprint density at radius 3 is 2.45 bits per heavy atom. The molecule has 0 radical (unpaired) electrons. The summed E-state index contributed by atoms with van der Waals surface area (Å²) in [6.07, 6.45) is 0. The maximum Gasteiger partial charge on any atom is 0.269 e. The van der Waals surface area contributed by atoms with Crippen molar-refractivity contribution in [1.82, 2.24) is 9.97 Å². The van der Waals surface area contributed by atoms with Crippen LogP contribution >= 0.6 is 11.8 Å². The summed E-state index contributed by atoms with van der Waals surface area (Å²) in [6.45, 7) is 3.48. The van der Waals surface area contributed by atoms with Crippen LogP contribution in [0.1, 0.15) is 17.0 Å². The van der Waals surface area contributed by atoms with Crippen molar-refractivity contribution in [2.24, 2.45) is 0 Å². The average Bonchev–Trinajstić information content (AvgIpc) is 2.37. The van der Waals surface area contributed by atoms with Crippen LogP contribution in [-0.2, 0) is 6.61 Å². The first kappa shape index (κ1) is 14.4. The summed E-state index contributed by atoms with van der Waals surface area (Å²) in [5.41, 5.74) is 2.16. The highest BCUT2D eigenvalue weighted by molar-refractivity contribution is 7.99. The molecule has 2 aromatic rings. The van der Waals surface area contributed by atoms with E-state index in [0.29, 0.717) is 15.6 Å². The Kier molecular flexibility index (Phi) is 4.31. The topological polar surface area (TPSA) is 89.2 Å². The van der Waals surface area contributed by atoms with Crippen molar-refractivity contribution in [3.8, 4) is 0 Å². The molecule has 20 heavy (non-hydrogen) atoms. The molecule has 0 unspecified atom stereocenters. The third kappa shape index (κ3) is 3.31. The van der Waals surface area contributed by atoms with E-state index >= 15 is 0 Å². The number of nitro benzene ring substituents is 1. The Bertz CT molecular complexity index is 641. The lowest BCUT2D eigenvalue weighted by molar-refractivity contribution is -0.385. The first-order chi connectivity index (χ1) is 9.49. The van der Waals surface area contributed by atoms with Crippen LogP contribution < -0.4 is 0 Å². The molecule has 1 aromatic carbocycles. The number of benzene rings is 1. The Balaban J connectivity index is 2.35. The molecule has 0 bridgehead atoms. The summed E-state index contributed by atoms with van der Waals surface area (Å²) >= 11 is 1.28. The predicted molar refractivity (Wildman–Crippen MR) is 74.6 cm³/mol. The third-order valence-corrected chi connectivity index (χ3v) is 3.57. The fraction of sp³-hybridized carbons (Fsp3) is 0.231. The number of aliphatic hydroxyl groups is 1. The summed E-state index contributed by atoms with van der Waals surface area (Å²) in [7, 11) is 0. The quantitative estimate of drug-likeness (QED) is 0.529. The van der Waals surface area contributed by atoms with E-state index in [1.165, 1.54) is 23.9 Å². The van der Waals surface area contributed by atoms with Crippen molar-refractivity contribution >= 4 is 17.4 Å². The summed E-state index contributed by atoms with van der Waals surface area (Å²) in [5.74, 6) is 0. The van der Waals surface area contributed by atoms with Gasteiger partial charge < -0.3 is 5.11 Å². The van der Waals surface area contributed by atoms with E-state index in [0.717, 1.165) is 11.4 Å². The minimum atomic E-state index is -0.485. The van der Waals surface area contributed by atoms with Gasteiger partial charge in [0, 0.05) is 28.4 Å². The first-order valence-corrected chi connectivity index (χ1v) is 6.69. The minimum absolute atomic E-state index is 0.0419. The van der Waals surface area contributed by atoms with Crippen LogP contribution in [0.2, 0.25) is 0 Å². The number of nitrogens with zero attached hydrogens (tertiary/aromatic N) is 3. The lowest BCUT2D eigenvalue weighted by atomic mass is 10.2. The van der Waals surface area contributed by atoms with Gasteiger partial charge in [-0.3, -0.25) is 10.1 Å². The average molecular weight is 291 g/mol. The Hall–Kier alpha value is -1.99. The van der Waals surface area contributed by atoms with E-state index in [-0.39, 0.29) is 12.3 Å². The van der Waals surface area contributed by atoms with Gasteiger partial charge in [-0.2, -0.15) is 0 Å². The van der Waals surface area contributed by atoms with Crippen molar-refractivity contribution in [2.75, 3.05) is 0 Å². The maximum absolute atomic E-state index is 10.7. The number of rotatable bonds is 4. The van der Waals surface area contributed by atoms with E-state index in [4.69, 9.17) is 0 Å². The van der Waals surface area contributed by atoms with Crippen LogP contribution in [0, 0.1) is 24.0 Å². The SMILES string of the molecule is Cc1cc(C)nc(Sc2ccc([N+](=O)[O-])cc2CO)n1. The molecule has 0 spiro atoms. The minimum Gasteiger partial charge on any atom is -0.392 e. The van der Waals surface area contributed by atoms with E-state index < -0.39 is 4.92 Å². The van der Waals surface area contributed by atoms with Crippen LogP contribution in [0.3, 0.4) is 0 Å². The van der Waals surface area contributed by atoms with Gasteiger partial charge >= 0.3 is 0 Å². The number of aromatic nitrogens is 2. The number of aryl methyl sites for hydroxylation is 2. The Morgan fingerprint density at radius 2 is 1.90 bits per heavy atom. The molecule has 0 saturated carbocycles. The molecule has 0 aliphatic rings. The van der Waals surface area contributed by atoms with Gasteiger partial charge in [-0.1, -0.05) is 0 Å². The van der Waals surface area contributed by atoms with Gasteiger partial charge in [0.25, 0.3) is 5.69 Å². The molecular weight excluding hydrogens is 278 g/mol. The lowest BCUT2D eigenvalue weighted by Gasteiger charge is -2.07. The molecular formula is C13H13N3O3S. The van der Waals surface area contributed by atoms with E-state index in [1.54, 1.807) is 6.07 Å². The number of hydrogen-bond acceptors (Lipinski definition) is 6. The fourth-order valence-electron chi connectivity index (χ4n) is 1.74. The monoisotopic (exact) mass is 291 g/mol. The second-order valence-electron chi connectivity index (χ2n) is 4.24. The zero-order valence-corrected chi connectivity index (χ0v) is 11.8. The van der Waals surface area contributed by atoms with Gasteiger partial charge in [-0.15, -0.1) is 0 Å². The summed E-state index contributed by atoms with van der Waals surface area (Å²) < 4.78 is 0. The molecule has 0 aliphatic carbocycles. The Labute approximate surface area is 120 Å². The van der Waals surface area contributed by atoms with Gasteiger partial charge in [-0.25, -0.2) is 9.97 Å². The van der Waals surface area contributed by atoms with Crippen LogP contribution in [-0.4, -0.2) is 20.0 Å². The molecule has 6 nitrogen and oxygen atoms in total. The number of nitro groups is 1. The first-order valence-electron chi connectivity index (χ1n) is 5.88. The summed E-state index contributed by atoms with van der Waals surface area (Å²) in [4.78, 5) is 19.5. The van der Waals surface area contributed by atoms with Crippen molar-refractivity contribution < 1.29 is 10.0 Å². The molecule has 1 aromatic heterocycles.